The second-order valence-corrected chi connectivity index (χ2v) is 13.8. The molecule has 22 heteroatoms. The molecule has 5 N–H and O–H groups in total. The molecule has 0 spiro atoms. The van der Waals surface area contributed by atoms with E-state index in [1.165, 1.54) is 64.9 Å². The molecule has 0 aliphatic carbocycles. The predicted octanol–water partition coefficient (Wildman–Crippen LogP) is -5.37. The number of anilines is 1. The van der Waals surface area contributed by atoms with E-state index in [9.17, 15) is 34.2 Å². The summed E-state index contributed by atoms with van der Waals surface area (Å²) in [6, 6.07) is 2.91. The Bertz CT molecular complexity index is 2140. The zero-order chi connectivity index (χ0) is 35.8. The third-order valence-electron chi connectivity index (χ3n) is 8.52. The molecule has 3 aliphatic heterocycles. The number of aliphatic carboxylic acids is 1. The molecule has 1 aromatic carbocycles. The van der Waals surface area contributed by atoms with Crippen LogP contribution >= 0.6 is 23.5 Å². The summed E-state index contributed by atoms with van der Waals surface area (Å²) in [4.78, 5) is 81.1. The number of carbonyl (C=O) groups excluding carboxylic acids is 4. The van der Waals surface area contributed by atoms with Crippen LogP contribution in [-0.4, -0.2) is 118 Å². The zero-order valence-corrected chi connectivity index (χ0v) is 31.4. The first-order chi connectivity index (χ1) is 24.6. The summed E-state index contributed by atoms with van der Waals surface area (Å²) >= 11 is 2.46. The maximum absolute atomic E-state index is 13.8. The number of rotatable bonds is 10. The third-order valence-corrected chi connectivity index (χ3v) is 11.0. The summed E-state index contributed by atoms with van der Waals surface area (Å²) in [5.41, 5.74) is -0.330. The molecule has 3 atom stereocenters. The van der Waals surface area contributed by atoms with Gasteiger partial charge >= 0.3 is 29.6 Å². The van der Waals surface area contributed by atoms with E-state index in [1.807, 2.05) is 4.90 Å². The number of amides is 3. The number of hydrogen-bond acceptors (Lipinski definition) is 16. The number of phenolic OH excluding ortho intramolecular Hbond substituents is 1. The van der Waals surface area contributed by atoms with E-state index in [4.69, 9.17) is 0 Å². The van der Waals surface area contributed by atoms with Gasteiger partial charge in [0, 0.05) is 57.1 Å². The summed E-state index contributed by atoms with van der Waals surface area (Å²) in [6.45, 7) is 2.92. The maximum Gasteiger partial charge on any atom is 1.00 e. The van der Waals surface area contributed by atoms with Gasteiger partial charge < -0.3 is 40.8 Å². The Morgan fingerprint density at radius 1 is 1.17 bits per heavy atom. The number of carboxylic acid groups (broad SMARTS) is 1. The van der Waals surface area contributed by atoms with Crippen molar-refractivity contribution < 1.29 is 58.9 Å². The van der Waals surface area contributed by atoms with Crippen molar-refractivity contribution in [1.29, 1.82) is 0 Å². The zero-order valence-electron chi connectivity index (χ0n) is 27.7. The summed E-state index contributed by atoms with van der Waals surface area (Å²) < 4.78 is 1.43. The van der Waals surface area contributed by atoms with Crippen LogP contribution in [0, 0.1) is 0 Å². The average molecular weight is 757 g/mol. The summed E-state index contributed by atoms with van der Waals surface area (Å²) in [5, 5.41) is 41.5. The monoisotopic (exact) mass is 756 g/mol. The molecular formula is C30H29N12NaO7S2. The molecule has 0 radical (unpaired) electrons. The standard InChI is InChI=1S/C30H30N12O7S2.Na/c1-40-30(37-38-39-40)51-13-15-12-50-27-20(26(47)42(27)21(15)28(48)49)35-25(46)19(14-2-4-16(43)5-3-14)34-24(45)18-11-32-23-17(22(18)44)10-33-29(36-23)41-8-6-31-7-9-41;/h2-5,10-11,19-20,27,31,43H,6-9,12-13H2,1H3,(H,34,45)(H,35,46)(H,48,49)(H,32,33,36,44);/q;+1/p-1/t19-,20?,27-;/m1./s1. The van der Waals surface area contributed by atoms with Crippen LogP contribution in [0.5, 0.6) is 5.75 Å². The number of aromatic hydroxyl groups is 1. The fourth-order valence-electron chi connectivity index (χ4n) is 5.88. The van der Waals surface area contributed by atoms with E-state index in [2.05, 4.69) is 46.4 Å². The van der Waals surface area contributed by atoms with Crippen molar-refractivity contribution in [2.45, 2.75) is 22.6 Å². The largest absolute Gasteiger partial charge is 1.00 e. The number of aryl methyl sites for hydroxylation is 1. The number of aromatic nitrogens is 7. The van der Waals surface area contributed by atoms with Gasteiger partial charge in [-0.25, -0.2) is 9.67 Å². The van der Waals surface area contributed by atoms with Gasteiger partial charge in [-0.1, -0.05) is 23.9 Å². The van der Waals surface area contributed by atoms with Crippen LogP contribution < -0.4 is 60.9 Å². The Morgan fingerprint density at radius 2 is 1.92 bits per heavy atom. The Hall–Kier alpha value is -4.54. The van der Waals surface area contributed by atoms with Gasteiger partial charge in [-0.15, -0.1) is 16.9 Å². The molecule has 264 valence electrons. The first kappa shape index (κ1) is 37.2. The summed E-state index contributed by atoms with van der Waals surface area (Å²) in [5.74, 6) is -3.15. The number of fused-ring (bicyclic) bond motifs is 2. The Balaban J connectivity index is 0.00000464. The first-order valence-electron chi connectivity index (χ1n) is 15.6. The number of pyridine rings is 1. The fourth-order valence-corrected chi connectivity index (χ4v) is 8.21. The fraction of sp³-hybridized carbons (Fsp3) is 0.333. The molecule has 3 aromatic heterocycles. The number of carbonyl (C=O) groups is 4. The van der Waals surface area contributed by atoms with E-state index in [0.29, 0.717) is 29.8 Å². The van der Waals surface area contributed by atoms with E-state index in [1.54, 1.807) is 7.05 Å². The van der Waals surface area contributed by atoms with E-state index < -0.39 is 46.6 Å². The van der Waals surface area contributed by atoms with Crippen molar-refractivity contribution in [3.05, 3.63) is 69.3 Å². The molecule has 3 aliphatic rings. The molecule has 0 bridgehead atoms. The van der Waals surface area contributed by atoms with Gasteiger partial charge in [0.1, 0.15) is 34.4 Å². The number of phenols is 1. The molecule has 19 nitrogen and oxygen atoms in total. The van der Waals surface area contributed by atoms with Gasteiger partial charge in [0.15, 0.2) is 0 Å². The molecule has 0 saturated carbocycles. The average Bonchev–Trinajstić information content (AvgIpc) is 3.56. The van der Waals surface area contributed by atoms with Crippen LogP contribution in [0.2, 0.25) is 0 Å². The quantitative estimate of drug-likeness (QED) is 0.0575. The van der Waals surface area contributed by atoms with Gasteiger partial charge in [0.2, 0.25) is 22.4 Å². The molecule has 6 heterocycles. The summed E-state index contributed by atoms with van der Waals surface area (Å²) in [6.07, 6.45) is 2.55. The SMILES string of the molecule is Cn1nnnc1SCC1=C(C(=O)[O-])N2C(=O)C(NC(=O)[C@H](NC(=O)c3c[nH]c4nc(N5CCNCC5)ncc4c3=O)c3ccc(O)cc3)[C@H]2SC1.[Na+]. The molecule has 2 fully saturated rings. The second kappa shape index (κ2) is 15.6. The van der Waals surface area contributed by atoms with Crippen LogP contribution in [-0.2, 0) is 21.4 Å². The number of thioether (sulfide) groups is 2. The maximum atomic E-state index is 13.8. The third kappa shape index (κ3) is 7.23. The normalized spacial score (nSPS) is 19.0. The second-order valence-electron chi connectivity index (χ2n) is 11.7. The predicted molar refractivity (Wildman–Crippen MR) is 180 cm³/mol. The van der Waals surface area contributed by atoms with E-state index in [-0.39, 0.29) is 74.7 Å². The number of β-lactam (4-membered cyclic amide) rings is 1. The first-order valence-corrected chi connectivity index (χ1v) is 17.6. The topological polar surface area (TPSA) is 256 Å². The van der Waals surface area contributed by atoms with Gasteiger partial charge in [0.05, 0.1) is 17.1 Å². The van der Waals surface area contributed by atoms with E-state index >= 15 is 0 Å². The van der Waals surface area contributed by atoms with Crippen molar-refractivity contribution >= 4 is 64.2 Å². The van der Waals surface area contributed by atoms with Crippen molar-refractivity contribution in [3.63, 3.8) is 0 Å². The van der Waals surface area contributed by atoms with E-state index in [0.717, 1.165) is 18.0 Å². The molecule has 3 amide bonds. The molecular weight excluding hydrogens is 728 g/mol. The minimum absolute atomic E-state index is 0. The summed E-state index contributed by atoms with van der Waals surface area (Å²) in [7, 11) is 1.64. The molecule has 2 saturated heterocycles. The van der Waals surface area contributed by atoms with Crippen LogP contribution in [0.15, 0.2) is 57.9 Å². The molecule has 52 heavy (non-hydrogen) atoms. The van der Waals surface area contributed by atoms with Crippen molar-refractivity contribution in [3.8, 4) is 5.75 Å². The van der Waals surface area contributed by atoms with Gasteiger partial charge in [-0.05, 0) is 33.7 Å². The number of aromatic amines is 1. The smallest absolute Gasteiger partial charge is 0.543 e. The number of nitrogens with one attached hydrogen (secondary N) is 4. The molecule has 7 rings (SSSR count). The van der Waals surface area contributed by atoms with Crippen LogP contribution in [0.4, 0.5) is 5.95 Å². The Labute approximate surface area is 324 Å². The van der Waals surface area contributed by atoms with Crippen molar-refractivity contribution in [1.82, 2.24) is 56.0 Å². The van der Waals surface area contributed by atoms with Gasteiger partial charge in [-0.3, -0.25) is 24.1 Å². The Morgan fingerprint density at radius 3 is 2.62 bits per heavy atom. The minimum Gasteiger partial charge on any atom is -0.543 e. The number of benzene rings is 1. The van der Waals surface area contributed by atoms with Crippen molar-refractivity contribution in [2.24, 2.45) is 7.05 Å². The van der Waals surface area contributed by atoms with Crippen molar-refractivity contribution in [2.75, 3.05) is 42.6 Å². The minimum atomic E-state index is -1.54. The van der Waals surface area contributed by atoms with Crippen LogP contribution in [0.1, 0.15) is 22.0 Å². The Kier molecular flexibility index (Phi) is 11.2. The number of nitrogens with zero attached hydrogens (tertiary/aromatic N) is 8. The van der Waals surface area contributed by atoms with Crippen LogP contribution in [0.3, 0.4) is 0 Å². The number of tetrazole rings is 1. The van der Waals surface area contributed by atoms with Crippen LogP contribution in [0.25, 0.3) is 11.0 Å². The van der Waals surface area contributed by atoms with Gasteiger partial charge in [0.25, 0.3) is 11.8 Å². The molecule has 1 unspecified atom stereocenters. The molecule has 4 aromatic rings. The number of carboxylic acids is 1. The number of hydrogen-bond donors (Lipinski definition) is 5. The van der Waals surface area contributed by atoms with Gasteiger partial charge in [-0.2, -0.15) is 4.98 Å². The number of piperazine rings is 1. The number of H-pyrrole nitrogens is 1.